The molecule has 0 radical (unpaired) electrons. The van der Waals surface area contributed by atoms with Crippen molar-refractivity contribution in [3.63, 3.8) is 0 Å². The average molecular weight is 242 g/mol. The number of hydrogen-bond acceptors (Lipinski definition) is 3. The van der Waals surface area contributed by atoms with Gasteiger partial charge < -0.3 is 15.3 Å². The maximum atomic E-state index is 9.47. The molecule has 1 aliphatic heterocycles. The predicted octanol–water partition coefficient (Wildman–Crippen LogP) is 2.00. The van der Waals surface area contributed by atoms with Gasteiger partial charge in [0.15, 0.2) is 0 Å². The molecule has 102 valence electrons. The van der Waals surface area contributed by atoms with E-state index in [4.69, 9.17) is 0 Å². The molecule has 0 aliphatic carbocycles. The Hall–Kier alpha value is -0.120. The van der Waals surface area contributed by atoms with Crippen LogP contribution in [0, 0.1) is 0 Å². The summed E-state index contributed by atoms with van der Waals surface area (Å²) in [6.07, 6.45) is 7.52. The van der Waals surface area contributed by atoms with Crippen molar-refractivity contribution in [3.8, 4) is 0 Å². The summed E-state index contributed by atoms with van der Waals surface area (Å²) in [4.78, 5) is 2.57. The largest absolute Gasteiger partial charge is 0.394 e. The minimum atomic E-state index is -0.0776. The van der Waals surface area contributed by atoms with E-state index in [2.05, 4.69) is 24.1 Å². The molecule has 17 heavy (non-hydrogen) atoms. The lowest BCUT2D eigenvalue weighted by Crippen LogP contribution is -2.46. The molecule has 1 fully saturated rings. The first-order chi connectivity index (χ1) is 8.20. The summed E-state index contributed by atoms with van der Waals surface area (Å²) in [6.45, 7) is 9.30. The predicted molar refractivity (Wildman–Crippen MR) is 73.3 cm³/mol. The summed E-state index contributed by atoms with van der Waals surface area (Å²) in [5.41, 5.74) is -0.0776. The van der Waals surface area contributed by atoms with Crippen LogP contribution in [-0.4, -0.2) is 48.3 Å². The number of aliphatic hydroxyl groups excluding tert-OH is 1. The van der Waals surface area contributed by atoms with E-state index < -0.39 is 0 Å². The van der Waals surface area contributed by atoms with Crippen LogP contribution in [0.4, 0.5) is 0 Å². The number of piperidine rings is 1. The minimum Gasteiger partial charge on any atom is -0.394 e. The van der Waals surface area contributed by atoms with Crippen molar-refractivity contribution >= 4 is 0 Å². The van der Waals surface area contributed by atoms with E-state index in [1.807, 2.05) is 0 Å². The fourth-order valence-corrected chi connectivity index (χ4v) is 2.53. The van der Waals surface area contributed by atoms with Gasteiger partial charge in [-0.15, -0.1) is 0 Å². The van der Waals surface area contributed by atoms with Crippen LogP contribution in [0.2, 0.25) is 0 Å². The van der Waals surface area contributed by atoms with Gasteiger partial charge in [-0.05, 0) is 65.2 Å². The maximum absolute atomic E-state index is 9.47. The van der Waals surface area contributed by atoms with E-state index in [1.165, 1.54) is 45.3 Å². The molecule has 0 spiro atoms. The Labute approximate surface area is 107 Å². The van der Waals surface area contributed by atoms with Crippen LogP contribution in [0.1, 0.15) is 52.4 Å². The molecule has 1 aliphatic rings. The van der Waals surface area contributed by atoms with Crippen molar-refractivity contribution in [2.75, 3.05) is 32.8 Å². The Bertz CT molecular complexity index is 193. The number of aliphatic hydroxyl groups is 1. The summed E-state index contributed by atoms with van der Waals surface area (Å²) >= 11 is 0. The molecule has 1 rings (SSSR count). The number of hydrogen-bond donors (Lipinski definition) is 2. The van der Waals surface area contributed by atoms with Crippen molar-refractivity contribution in [3.05, 3.63) is 0 Å². The Balaban J connectivity index is 2.17. The van der Waals surface area contributed by atoms with Gasteiger partial charge in [0, 0.05) is 5.54 Å². The first-order valence-corrected chi connectivity index (χ1v) is 7.28. The lowest BCUT2D eigenvalue weighted by molar-refractivity contribution is 0.152. The first kappa shape index (κ1) is 14.9. The van der Waals surface area contributed by atoms with Crippen molar-refractivity contribution in [2.24, 2.45) is 0 Å². The summed E-state index contributed by atoms with van der Waals surface area (Å²) in [5, 5.41) is 12.9. The fraction of sp³-hybridized carbons (Fsp3) is 1.00. The van der Waals surface area contributed by atoms with Gasteiger partial charge in [0.25, 0.3) is 0 Å². The molecule has 1 unspecified atom stereocenters. The molecule has 0 aromatic heterocycles. The summed E-state index contributed by atoms with van der Waals surface area (Å²) in [6, 6.07) is 0. The number of nitrogens with zero attached hydrogens (tertiary/aromatic N) is 1. The number of likely N-dealkylation sites (tertiary alicyclic amines) is 1. The van der Waals surface area contributed by atoms with Crippen molar-refractivity contribution in [2.45, 2.75) is 57.9 Å². The number of rotatable bonds is 8. The van der Waals surface area contributed by atoms with Crippen LogP contribution in [0.5, 0.6) is 0 Å². The topological polar surface area (TPSA) is 35.5 Å². The van der Waals surface area contributed by atoms with Crippen LogP contribution in [-0.2, 0) is 0 Å². The van der Waals surface area contributed by atoms with E-state index in [0.717, 1.165) is 19.4 Å². The smallest absolute Gasteiger partial charge is 0.0610 e. The van der Waals surface area contributed by atoms with Gasteiger partial charge in [-0.1, -0.05) is 13.3 Å². The zero-order chi connectivity index (χ0) is 12.6. The SMILES string of the molecule is CCCNC(C)(CO)CCCN1CCCCC1. The molecule has 1 atom stereocenters. The average Bonchev–Trinajstić information content (AvgIpc) is 2.38. The molecule has 0 aromatic carbocycles. The van der Waals surface area contributed by atoms with E-state index in [1.54, 1.807) is 0 Å². The molecule has 1 saturated heterocycles. The van der Waals surface area contributed by atoms with Crippen LogP contribution < -0.4 is 5.32 Å². The van der Waals surface area contributed by atoms with Gasteiger partial charge in [-0.25, -0.2) is 0 Å². The third kappa shape index (κ3) is 5.84. The van der Waals surface area contributed by atoms with E-state index in [9.17, 15) is 5.11 Å². The number of nitrogens with one attached hydrogen (secondary N) is 1. The Morgan fingerprint density at radius 2 is 1.94 bits per heavy atom. The van der Waals surface area contributed by atoms with E-state index in [0.29, 0.717) is 0 Å². The second-order valence-electron chi connectivity index (χ2n) is 5.65. The Morgan fingerprint density at radius 3 is 2.53 bits per heavy atom. The molecular formula is C14H30N2O. The molecule has 1 heterocycles. The fourth-order valence-electron chi connectivity index (χ4n) is 2.53. The van der Waals surface area contributed by atoms with Crippen LogP contribution in [0.25, 0.3) is 0 Å². The van der Waals surface area contributed by atoms with Crippen LogP contribution >= 0.6 is 0 Å². The second kappa shape index (κ2) is 8.06. The van der Waals surface area contributed by atoms with Gasteiger partial charge in [0.2, 0.25) is 0 Å². The Morgan fingerprint density at radius 1 is 1.24 bits per heavy atom. The van der Waals surface area contributed by atoms with Crippen LogP contribution in [0.3, 0.4) is 0 Å². The van der Waals surface area contributed by atoms with Gasteiger partial charge >= 0.3 is 0 Å². The molecule has 0 saturated carbocycles. The standard InChI is InChI=1S/C14H30N2O/c1-3-9-15-14(2,13-17)8-7-12-16-10-5-4-6-11-16/h15,17H,3-13H2,1-2H3. The third-order valence-electron chi connectivity index (χ3n) is 3.80. The minimum absolute atomic E-state index is 0.0776. The van der Waals surface area contributed by atoms with E-state index in [-0.39, 0.29) is 12.1 Å². The molecule has 0 bridgehead atoms. The lowest BCUT2D eigenvalue weighted by Gasteiger charge is -2.31. The quantitative estimate of drug-likeness (QED) is 0.683. The third-order valence-corrected chi connectivity index (χ3v) is 3.80. The highest BCUT2D eigenvalue weighted by Crippen LogP contribution is 2.14. The van der Waals surface area contributed by atoms with Crippen molar-refractivity contribution in [1.29, 1.82) is 0 Å². The maximum Gasteiger partial charge on any atom is 0.0610 e. The highest BCUT2D eigenvalue weighted by atomic mass is 16.3. The van der Waals surface area contributed by atoms with Gasteiger partial charge in [-0.2, -0.15) is 0 Å². The monoisotopic (exact) mass is 242 g/mol. The molecular weight excluding hydrogens is 212 g/mol. The van der Waals surface area contributed by atoms with Gasteiger partial charge in [0.1, 0.15) is 0 Å². The second-order valence-corrected chi connectivity index (χ2v) is 5.65. The first-order valence-electron chi connectivity index (χ1n) is 7.28. The van der Waals surface area contributed by atoms with Crippen LogP contribution in [0.15, 0.2) is 0 Å². The highest BCUT2D eigenvalue weighted by molar-refractivity contribution is 4.82. The normalized spacial score (nSPS) is 21.4. The molecule has 0 aromatic rings. The summed E-state index contributed by atoms with van der Waals surface area (Å²) in [7, 11) is 0. The summed E-state index contributed by atoms with van der Waals surface area (Å²) < 4.78 is 0. The highest BCUT2D eigenvalue weighted by Gasteiger charge is 2.22. The summed E-state index contributed by atoms with van der Waals surface area (Å²) in [5.74, 6) is 0. The zero-order valence-electron chi connectivity index (χ0n) is 11.7. The van der Waals surface area contributed by atoms with E-state index >= 15 is 0 Å². The molecule has 3 nitrogen and oxygen atoms in total. The zero-order valence-corrected chi connectivity index (χ0v) is 11.7. The lowest BCUT2D eigenvalue weighted by atomic mass is 9.96. The van der Waals surface area contributed by atoms with Gasteiger partial charge in [-0.3, -0.25) is 0 Å². The Kier molecular flexibility index (Phi) is 7.09. The van der Waals surface area contributed by atoms with Crippen molar-refractivity contribution < 1.29 is 5.11 Å². The van der Waals surface area contributed by atoms with Crippen molar-refractivity contribution in [1.82, 2.24) is 10.2 Å². The molecule has 0 amide bonds. The molecule has 3 heteroatoms. The molecule has 2 N–H and O–H groups in total. The van der Waals surface area contributed by atoms with Gasteiger partial charge in [0.05, 0.1) is 6.61 Å².